The number of rotatable bonds is 5. The van der Waals surface area contributed by atoms with Gasteiger partial charge in [0.1, 0.15) is 0 Å². The zero-order valence-corrected chi connectivity index (χ0v) is 21.2. The van der Waals surface area contributed by atoms with E-state index < -0.39 is 11.0 Å². The lowest BCUT2D eigenvalue weighted by Crippen LogP contribution is -2.48. The molecule has 0 bridgehead atoms. The number of hydrogen-bond donors (Lipinski definition) is 0. The topological polar surface area (TPSA) is 70.2 Å². The molecule has 4 fully saturated rings. The number of likely N-dealkylation sites (tertiary alicyclic amines) is 1. The Bertz CT molecular complexity index is 1260. The number of anilines is 1. The van der Waals surface area contributed by atoms with Crippen molar-refractivity contribution in [2.24, 2.45) is 5.92 Å². The van der Waals surface area contributed by atoms with Crippen molar-refractivity contribution in [3.63, 3.8) is 0 Å². The van der Waals surface area contributed by atoms with E-state index in [2.05, 4.69) is 29.2 Å². The van der Waals surface area contributed by atoms with Crippen LogP contribution in [-0.4, -0.2) is 66.9 Å². The fourth-order valence-electron chi connectivity index (χ4n) is 6.56. The summed E-state index contributed by atoms with van der Waals surface area (Å²) in [6, 6.07) is 16.0. The molecule has 0 radical (unpaired) electrons. The highest BCUT2D eigenvalue weighted by Gasteiger charge is 2.57. The summed E-state index contributed by atoms with van der Waals surface area (Å²) in [4.78, 5) is 44.9. The average molecular weight is 500 g/mol. The summed E-state index contributed by atoms with van der Waals surface area (Å²) in [5, 5.41) is 0. The maximum absolute atomic E-state index is 13.8. The SMILES string of the molecule is O=C1OC2(CCN(C(=O)C3(c4ccc(N5CCN(C(=O)CC6CC6)CC5)cc4)CC3)C2)c2ccccc21. The van der Waals surface area contributed by atoms with Gasteiger partial charge in [-0.3, -0.25) is 9.59 Å². The fourth-order valence-corrected chi connectivity index (χ4v) is 6.56. The second-order valence-electron chi connectivity index (χ2n) is 11.6. The summed E-state index contributed by atoms with van der Waals surface area (Å²) in [5.41, 5.74) is 2.60. The third kappa shape index (κ3) is 3.82. The smallest absolute Gasteiger partial charge is 0.339 e. The molecule has 37 heavy (non-hydrogen) atoms. The van der Waals surface area contributed by atoms with Crippen LogP contribution in [0.1, 0.15) is 60.0 Å². The van der Waals surface area contributed by atoms with Crippen LogP contribution >= 0.6 is 0 Å². The second-order valence-corrected chi connectivity index (χ2v) is 11.6. The fraction of sp³-hybridized carbons (Fsp3) is 0.500. The zero-order valence-electron chi connectivity index (χ0n) is 21.2. The van der Waals surface area contributed by atoms with Crippen molar-refractivity contribution in [2.45, 2.75) is 49.5 Å². The summed E-state index contributed by atoms with van der Waals surface area (Å²) >= 11 is 0. The molecule has 3 aliphatic heterocycles. The van der Waals surface area contributed by atoms with Gasteiger partial charge >= 0.3 is 5.97 Å². The van der Waals surface area contributed by atoms with Crippen LogP contribution in [0.2, 0.25) is 0 Å². The molecule has 192 valence electrons. The Morgan fingerprint density at radius 1 is 0.865 bits per heavy atom. The van der Waals surface area contributed by atoms with Crippen molar-refractivity contribution < 1.29 is 19.1 Å². The van der Waals surface area contributed by atoms with Crippen LogP contribution in [0.4, 0.5) is 5.69 Å². The van der Waals surface area contributed by atoms with Gasteiger partial charge in [-0.1, -0.05) is 30.3 Å². The van der Waals surface area contributed by atoms with Crippen LogP contribution in [0.3, 0.4) is 0 Å². The molecular weight excluding hydrogens is 466 g/mol. The van der Waals surface area contributed by atoms with Crippen LogP contribution < -0.4 is 4.90 Å². The molecule has 7 heteroatoms. The first-order valence-electron chi connectivity index (χ1n) is 13.7. The van der Waals surface area contributed by atoms with Gasteiger partial charge in [-0.15, -0.1) is 0 Å². The van der Waals surface area contributed by atoms with E-state index in [0.29, 0.717) is 36.9 Å². The Labute approximate surface area is 217 Å². The van der Waals surface area contributed by atoms with E-state index in [9.17, 15) is 14.4 Å². The van der Waals surface area contributed by atoms with E-state index in [0.717, 1.165) is 62.3 Å². The molecule has 1 unspecified atom stereocenters. The molecule has 0 aromatic heterocycles. The number of fused-ring (bicyclic) bond motifs is 2. The first-order valence-corrected chi connectivity index (χ1v) is 13.7. The molecule has 1 atom stereocenters. The molecule has 2 saturated carbocycles. The summed E-state index contributed by atoms with van der Waals surface area (Å²) in [5.74, 6) is 0.812. The number of benzene rings is 2. The van der Waals surface area contributed by atoms with Crippen LogP contribution in [-0.2, 0) is 25.3 Å². The van der Waals surface area contributed by atoms with Gasteiger partial charge in [-0.25, -0.2) is 4.79 Å². The molecule has 7 rings (SSSR count). The molecule has 5 aliphatic rings. The Morgan fingerprint density at radius 2 is 1.59 bits per heavy atom. The number of carbonyl (C=O) groups excluding carboxylic acids is 3. The monoisotopic (exact) mass is 499 g/mol. The molecule has 3 heterocycles. The Hall–Kier alpha value is -3.35. The van der Waals surface area contributed by atoms with E-state index in [1.165, 1.54) is 12.8 Å². The minimum Gasteiger partial charge on any atom is -0.449 e. The Morgan fingerprint density at radius 3 is 2.30 bits per heavy atom. The van der Waals surface area contributed by atoms with Crippen LogP contribution in [0.15, 0.2) is 48.5 Å². The highest BCUT2D eigenvalue weighted by Crippen LogP contribution is 2.52. The minimum atomic E-state index is -0.703. The molecule has 1 spiro atoms. The number of amides is 2. The van der Waals surface area contributed by atoms with Gasteiger partial charge in [0.15, 0.2) is 5.60 Å². The van der Waals surface area contributed by atoms with E-state index in [1.807, 2.05) is 34.1 Å². The van der Waals surface area contributed by atoms with Gasteiger partial charge in [0.05, 0.1) is 17.5 Å². The molecular formula is C30H33N3O4. The molecule has 7 nitrogen and oxygen atoms in total. The van der Waals surface area contributed by atoms with Crippen molar-refractivity contribution >= 4 is 23.5 Å². The first-order chi connectivity index (χ1) is 18.0. The molecule has 0 N–H and O–H groups in total. The number of esters is 1. The third-order valence-electron chi connectivity index (χ3n) is 9.18. The van der Waals surface area contributed by atoms with Gasteiger partial charge in [-0.05, 0) is 55.4 Å². The van der Waals surface area contributed by atoms with Gasteiger partial charge in [-0.2, -0.15) is 0 Å². The van der Waals surface area contributed by atoms with Crippen LogP contribution in [0.25, 0.3) is 0 Å². The van der Waals surface area contributed by atoms with Gasteiger partial charge in [0, 0.05) is 56.8 Å². The lowest BCUT2D eigenvalue weighted by molar-refractivity contribution is -0.134. The van der Waals surface area contributed by atoms with Crippen molar-refractivity contribution in [2.75, 3.05) is 44.2 Å². The van der Waals surface area contributed by atoms with E-state index in [4.69, 9.17) is 4.74 Å². The summed E-state index contributed by atoms with van der Waals surface area (Å²) in [7, 11) is 0. The second kappa shape index (κ2) is 8.33. The van der Waals surface area contributed by atoms with Gasteiger partial charge in [0.2, 0.25) is 11.8 Å². The maximum Gasteiger partial charge on any atom is 0.339 e. The first kappa shape index (κ1) is 22.8. The van der Waals surface area contributed by atoms with Gasteiger partial charge in [0.25, 0.3) is 0 Å². The predicted molar refractivity (Wildman–Crippen MR) is 138 cm³/mol. The van der Waals surface area contributed by atoms with E-state index >= 15 is 0 Å². The van der Waals surface area contributed by atoms with Crippen molar-refractivity contribution in [1.29, 1.82) is 0 Å². The Balaban J connectivity index is 1.01. The normalized spacial score (nSPS) is 25.8. The average Bonchev–Trinajstić information content (AvgIpc) is 3.86. The number of ether oxygens (including phenoxy) is 1. The predicted octanol–water partition coefficient (Wildman–Crippen LogP) is 3.47. The number of carbonyl (C=O) groups is 3. The highest BCUT2D eigenvalue weighted by molar-refractivity contribution is 5.96. The molecule has 2 aliphatic carbocycles. The summed E-state index contributed by atoms with van der Waals surface area (Å²) in [6.07, 6.45) is 5.49. The summed E-state index contributed by atoms with van der Waals surface area (Å²) in [6.45, 7) is 4.27. The number of piperazine rings is 1. The minimum absolute atomic E-state index is 0.153. The maximum atomic E-state index is 13.8. The van der Waals surface area contributed by atoms with Crippen LogP contribution in [0, 0.1) is 5.92 Å². The van der Waals surface area contributed by atoms with Crippen molar-refractivity contribution in [1.82, 2.24) is 9.80 Å². The molecule has 2 aromatic rings. The molecule has 2 amide bonds. The molecule has 2 saturated heterocycles. The quantitative estimate of drug-likeness (QED) is 0.590. The van der Waals surface area contributed by atoms with Crippen molar-refractivity contribution in [3.05, 3.63) is 65.2 Å². The third-order valence-corrected chi connectivity index (χ3v) is 9.18. The van der Waals surface area contributed by atoms with Crippen LogP contribution in [0.5, 0.6) is 0 Å². The molecule has 2 aromatic carbocycles. The lowest BCUT2D eigenvalue weighted by atomic mass is 9.91. The Kier molecular flexibility index (Phi) is 5.14. The lowest BCUT2D eigenvalue weighted by Gasteiger charge is -2.36. The van der Waals surface area contributed by atoms with Crippen molar-refractivity contribution in [3.8, 4) is 0 Å². The number of hydrogen-bond acceptors (Lipinski definition) is 5. The number of nitrogens with zero attached hydrogens (tertiary/aromatic N) is 3. The van der Waals surface area contributed by atoms with E-state index in [-0.39, 0.29) is 11.9 Å². The zero-order chi connectivity index (χ0) is 25.2. The standard InChI is InChI=1S/C30H33N3O4/c34-26(19-21-5-6-21)32-17-15-31(16-18-32)23-9-7-22(8-10-23)29(11-12-29)28(36)33-14-13-30(20-33)25-4-2-1-3-24(25)27(35)37-30/h1-4,7-10,21H,5-6,11-20H2. The summed E-state index contributed by atoms with van der Waals surface area (Å²) < 4.78 is 5.86. The van der Waals surface area contributed by atoms with Gasteiger partial charge < -0.3 is 19.4 Å². The highest BCUT2D eigenvalue weighted by atomic mass is 16.6. The largest absolute Gasteiger partial charge is 0.449 e. The van der Waals surface area contributed by atoms with E-state index in [1.54, 1.807) is 0 Å².